The zero-order valence-electron chi connectivity index (χ0n) is 9.47. The Morgan fingerprint density at radius 3 is 2.37 bits per heavy atom. The van der Waals surface area contributed by atoms with Crippen molar-refractivity contribution in [1.82, 2.24) is 0 Å². The molecule has 0 spiro atoms. The third-order valence-electron chi connectivity index (χ3n) is 2.32. The molecule has 0 aliphatic heterocycles. The van der Waals surface area contributed by atoms with Crippen LogP contribution in [0.2, 0.25) is 5.02 Å². The molecular weight excluding hydrogens is 293 g/mol. The fourth-order valence-corrected chi connectivity index (χ4v) is 2.70. The summed E-state index contributed by atoms with van der Waals surface area (Å²) in [5, 5.41) is 9.19. The van der Waals surface area contributed by atoms with Crippen LogP contribution in [0.3, 0.4) is 0 Å². The molecule has 2 aromatic rings. The minimum Gasteiger partial charge on any atom is -0.508 e. The molecule has 0 radical (unpaired) electrons. The van der Waals surface area contributed by atoms with Crippen LogP contribution in [0.4, 0.5) is 10.1 Å². The molecule has 0 aliphatic carbocycles. The minimum atomic E-state index is -3.88. The predicted molar refractivity (Wildman–Crippen MR) is 70.3 cm³/mol. The largest absolute Gasteiger partial charge is 0.508 e. The molecule has 0 atom stereocenters. The van der Waals surface area contributed by atoms with Gasteiger partial charge in [0.1, 0.15) is 11.6 Å². The summed E-state index contributed by atoms with van der Waals surface area (Å²) in [4.78, 5) is -0.0642. The summed E-state index contributed by atoms with van der Waals surface area (Å²) in [6, 6.07) is 8.30. The van der Waals surface area contributed by atoms with E-state index in [9.17, 15) is 12.8 Å². The van der Waals surface area contributed by atoms with Crippen LogP contribution >= 0.6 is 11.6 Å². The third-order valence-corrected chi connectivity index (χ3v) is 4.03. The number of phenolic OH excluding ortho intramolecular Hbond substituents is 1. The van der Waals surface area contributed by atoms with Crippen molar-refractivity contribution in [2.24, 2.45) is 0 Å². The van der Waals surface area contributed by atoms with Gasteiger partial charge in [0.15, 0.2) is 0 Å². The maximum atomic E-state index is 13.1. The zero-order valence-corrected chi connectivity index (χ0v) is 11.0. The summed E-state index contributed by atoms with van der Waals surface area (Å²) in [6.07, 6.45) is 0. The smallest absolute Gasteiger partial charge is 0.261 e. The molecule has 0 fully saturated rings. The van der Waals surface area contributed by atoms with Crippen molar-refractivity contribution >= 4 is 27.3 Å². The van der Waals surface area contributed by atoms with Gasteiger partial charge in [-0.25, -0.2) is 12.8 Å². The van der Waals surface area contributed by atoms with E-state index in [1.165, 1.54) is 30.3 Å². The number of benzene rings is 2. The molecule has 2 N–H and O–H groups in total. The van der Waals surface area contributed by atoms with Crippen LogP contribution in [0.1, 0.15) is 0 Å². The average Bonchev–Trinajstić information content (AvgIpc) is 2.34. The summed E-state index contributed by atoms with van der Waals surface area (Å²) in [5.74, 6) is -0.657. The zero-order chi connectivity index (χ0) is 14.0. The van der Waals surface area contributed by atoms with Crippen LogP contribution in [0.25, 0.3) is 0 Å². The first-order valence-electron chi connectivity index (χ1n) is 5.15. The first-order valence-corrected chi connectivity index (χ1v) is 7.01. The lowest BCUT2D eigenvalue weighted by Gasteiger charge is -2.09. The fourth-order valence-electron chi connectivity index (χ4n) is 1.40. The van der Waals surface area contributed by atoms with Gasteiger partial charge < -0.3 is 5.11 Å². The molecule has 0 aliphatic rings. The van der Waals surface area contributed by atoms with Gasteiger partial charge in [-0.3, -0.25) is 4.72 Å². The molecule has 0 saturated carbocycles. The first-order chi connectivity index (χ1) is 8.88. The van der Waals surface area contributed by atoms with Crippen LogP contribution in [0.5, 0.6) is 5.75 Å². The molecular formula is C12H9ClFNO3S. The summed E-state index contributed by atoms with van der Waals surface area (Å²) >= 11 is 5.78. The van der Waals surface area contributed by atoms with Crippen molar-refractivity contribution in [3.05, 3.63) is 53.3 Å². The Kier molecular flexibility index (Phi) is 3.64. The SMILES string of the molecule is O=S(=O)(Nc1cc(F)ccc1Cl)c1ccc(O)cc1. The molecule has 0 unspecified atom stereocenters. The van der Waals surface area contributed by atoms with Crippen molar-refractivity contribution in [3.63, 3.8) is 0 Å². The quantitative estimate of drug-likeness (QED) is 0.916. The Bertz CT molecular complexity index is 701. The lowest BCUT2D eigenvalue weighted by atomic mass is 10.3. The lowest BCUT2D eigenvalue weighted by molar-refractivity contribution is 0.475. The molecule has 4 nitrogen and oxygen atoms in total. The van der Waals surface area contributed by atoms with Crippen LogP contribution in [0, 0.1) is 5.82 Å². The first kappa shape index (κ1) is 13.6. The van der Waals surface area contributed by atoms with Crippen molar-refractivity contribution in [2.45, 2.75) is 4.90 Å². The van der Waals surface area contributed by atoms with E-state index in [2.05, 4.69) is 4.72 Å². The van der Waals surface area contributed by atoms with E-state index in [1.54, 1.807) is 0 Å². The highest BCUT2D eigenvalue weighted by Gasteiger charge is 2.16. The van der Waals surface area contributed by atoms with Crippen molar-refractivity contribution in [2.75, 3.05) is 4.72 Å². The number of sulfonamides is 1. The number of phenols is 1. The normalized spacial score (nSPS) is 11.3. The van der Waals surface area contributed by atoms with Gasteiger partial charge >= 0.3 is 0 Å². The van der Waals surface area contributed by atoms with Gasteiger partial charge in [0, 0.05) is 0 Å². The Morgan fingerprint density at radius 1 is 1.11 bits per heavy atom. The Balaban J connectivity index is 2.36. The summed E-state index contributed by atoms with van der Waals surface area (Å²) in [6.45, 7) is 0. The maximum absolute atomic E-state index is 13.1. The van der Waals surface area contributed by atoms with Gasteiger partial charge in [-0.05, 0) is 42.5 Å². The van der Waals surface area contributed by atoms with E-state index in [-0.39, 0.29) is 21.4 Å². The van der Waals surface area contributed by atoms with Crippen LogP contribution in [-0.2, 0) is 10.0 Å². The van der Waals surface area contributed by atoms with Gasteiger partial charge in [0.2, 0.25) is 0 Å². The second-order valence-electron chi connectivity index (χ2n) is 3.72. The number of hydrogen-bond acceptors (Lipinski definition) is 3. The number of aromatic hydroxyl groups is 1. The van der Waals surface area contributed by atoms with Gasteiger partial charge in [-0.15, -0.1) is 0 Å². The molecule has 7 heteroatoms. The predicted octanol–water partition coefficient (Wildman–Crippen LogP) is 2.99. The van der Waals surface area contributed by atoms with E-state index in [1.807, 2.05) is 0 Å². The molecule has 19 heavy (non-hydrogen) atoms. The van der Waals surface area contributed by atoms with Gasteiger partial charge in [0.25, 0.3) is 10.0 Å². The van der Waals surface area contributed by atoms with Gasteiger partial charge in [0.05, 0.1) is 15.6 Å². The lowest BCUT2D eigenvalue weighted by Crippen LogP contribution is -2.13. The maximum Gasteiger partial charge on any atom is 0.261 e. The fraction of sp³-hybridized carbons (Fsp3) is 0. The molecule has 2 rings (SSSR count). The highest BCUT2D eigenvalue weighted by atomic mass is 35.5. The second kappa shape index (κ2) is 5.07. The van der Waals surface area contributed by atoms with E-state index in [0.717, 1.165) is 12.1 Å². The number of hydrogen-bond donors (Lipinski definition) is 2. The average molecular weight is 302 g/mol. The molecule has 0 saturated heterocycles. The van der Waals surface area contributed by atoms with Crippen LogP contribution in [-0.4, -0.2) is 13.5 Å². The van der Waals surface area contributed by atoms with Crippen molar-refractivity contribution < 1.29 is 17.9 Å². The van der Waals surface area contributed by atoms with Crippen molar-refractivity contribution in [1.29, 1.82) is 0 Å². The Labute approximate surface area is 114 Å². The number of anilines is 1. The Morgan fingerprint density at radius 2 is 1.74 bits per heavy atom. The topological polar surface area (TPSA) is 66.4 Å². The number of nitrogens with one attached hydrogen (secondary N) is 1. The molecule has 2 aromatic carbocycles. The highest BCUT2D eigenvalue weighted by molar-refractivity contribution is 7.92. The highest BCUT2D eigenvalue weighted by Crippen LogP contribution is 2.25. The molecule has 100 valence electrons. The minimum absolute atomic E-state index is 0.0465. The van der Waals surface area contributed by atoms with Crippen LogP contribution in [0.15, 0.2) is 47.4 Å². The molecule has 0 aromatic heterocycles. The summed E-state index contributed by atoms with van der Waals surface area (Å²) < 4.78 is 39.2. The van der Waals surface area contributed by atoms with Crippen LogP contribution < -0.4 is 4.72 Å². The number of halogens is 2. The summed E-state index contributed by atoms with van der Waals surface area (Å²) in [7, 11) is -3.88. The number of rotatable bonds is 3. The Hall–Kier alpha value is -1.79. The van der Waals surface area contributed by atoms with Crippen molar-refractivity contribution in [3.8, 4) is 5.75 Å². The van der Waals surface area contributed by atoms with E-state index >= 15 is 0 Å². The summed E-state index contributed by atoms with van der Waals surface area (Å²) in [5.41, 5.74) is -0.0465. The van der Waals surface area contributed by atoms with E-state index < -0.39 is 15.8 Å². The van der Waals surface area contributed by atoms with Gasteiger partial charge in [-0.1, -0.05) is 11.6 Å². The molecule has 0 heterocycles. The second-order valence-corrected chi connectivity index (χ2v) is 5.81. The third kappa shape index (κ3) is 3.15. The van der Waals surface area contributed by atoms with E-state index in [4.69, 9.17) is 16.7 Å². The van der Waals surface area contributed by atoms with E-state index in [0.29, 0.717) is 0 Å². The standard InChI is InChI=1S/C12H9ClFNO3S/c13-11-6-1-8(14)7-12(11)15-19(17,18)10-4-2-9(16)3-5-10/h1-7,15-16H. The van der Waals surface area contributed by atoms with Gasteiger partial charge in [-0.2, -0.15) is 0 Å². The monoisotopic (exact) mass is 301 g/mol. The molecule has 0 amide bonds. The molecule has 0 bridgehead atoms.